The molecule has 154 valence electrons. The van der Waals surface area contributed by atoms with Crippen molar-refractivity contribution in [1.82, 2.24) is 0 Å². The summed E-state index contributed by atoms with van der Waals surface area (Å²) in [6.45, 7) is 8.82. The minimum absolute atomic E-state index is 0.818. The lowest BCUT2D eigenvalue weighted by Gasteiger charge is -2.13. The number of nitrogens with two attached hydrogens (primary N) is 1. The smallest absolute Gasteiger partial charge is 0.0620 e. The quantitative estimate of drug-likeness (QED) is 0.372. The summed E-state index contributed by atoms with van der Waals surface area (Å²) >= 11 is 0. The van der Waals surface area contributed by atoms with E-state index < -0.39 is 0 Å². The summed E-state index contributed by atoms with van der Waals surface area (Å²) in [6, 6.07) is 28.4. The second-order valence-electron chi connectivity index (χ2n) is 5.78. The SMILES string of the molecule is CC.CC.N/C(=C\CCNc1ccccc1Nc1ccccc1)c1ccccc1. The van der Waals surface area contributed by atoms with Gasteiger partial charge in [-0.15, -0.1) is 0 Å². The van der Waals surface area contributed by atoms with Crippen molar-refractivity contribution >= 4 is 22.8 Å². The standard InChI is InChI=1S/C22H23N3.2C2H6/c23-20(18-10-3-1-4-11-18)14-9-17-24-21-15-7-8-16-22(21)25-19-12-5-2-6-13-19;2*1-2/h1-8,10-16,24-25H,9,17,23H2;2*1-2H3/b20-14-;;. The molecule has 3 heteroatoms. The highest BCUT2D eigenvalue weighted by atomic mass is 15.0. The molecular weight excluding hydrogens is 354 g/mol. The van der Waals surface area contributed by atoms with E-state index >= 15 is 0 Å². The fraction of sp³-hybridized carbons (Fsp3) is 0.231. The summed E-state index contributed by atoms with van der Waals surface area (Å²) in [5.41, 5.74) is 11.2. The fourth-order valence-corrected chi connectivity index (χ4v) is 2.61. The van der Waals surface area contributed by atoms with E-state index in [0.717, 1.165) is 41.3 Å². The van der Waals surface area contributed by atoms with Gasteiger partial charge in [-0.25, -0.2) is 0 Å². The first-order valence-electron chi connectivity index (χ1n) is 10.5. The molecule has 3 aromatic carbocycles. The number of nitrogens with one attached hydrogen (secondary N) is 2. The van der Waals surface area contributed by atoms with Gasteiger partial charge in [-0.1, -0.05) is 94.4 Å². The Morgan fingerprint density at radius 2 is 1.24 bits per heavy atom. The van der Waals surface area contributed by atoms with Crippen molar-refractivity contribution < 1.29 is 0 Å². The van der Waals surface area contributed by atoms with Gasteiger partial charge in [0.25, 0.3) is 0 Å². The third-order valence-electron chi connectivity index (χ3n) is 3.91. The zero-order chi connectivity index (χ0) is 21.3. The van der Waals surface area contributed by atoms with Gasteiger partial charge in [0.05, 0.1) is 11.4 Å². The Kier molecular flexibility index (Phi) is 12.2. The van der Waals surface area contributed by atoms with Crippen molar-refractivity contribution in [2.24, 2.45) is 5.73 Å². The lowest BCUT2D eigenvalue weighted by atomic mass is 10.1. The van der Waals surface area contributed by atoms with Gasteiger partial charge in [0, 0.05) is 17.9 Å². The number of para-hydroxylation sites is 3. The summed E-state index contributed by atoms with van der Waals surface area (Å²) < 4.78 is 0. The molecule has 3 aromatic rings. The Hall–Kier alpha value is -3.20. The molecule has 0 unspecified atom stereocenters. The molecule has 4 N–H and O–H groups in total. The van der Waals surface area contributed by atoms with Crippen LogP contribution in [-0.4, -0.2) is 6.54 Å². The maximum absolute atomic E-state index is 6.13. The maximum Gasteiger partial charge on any atom is 0.0620 e. The van der Waals surface area contributed by atoms with Gasteiger partial charge in [0.15, 0.2) is 0 Å². The molecule has 0 spiro atoms. The van der Waals surface area contributed by atoms with Crippen molar-refractivity contribution in [3.63, 3.8) is 0 Å². The minimum atomic E-state index is 0.818. The van der Waals surface area contributed by atoms with Gasteiger partial charge >= 0.3 is 0 Å². The Bertz CT molecular complexity index is 812. The van der Waals surface area contributed by atoms with Gasteiger partial charge in [-0.05, 0) is 36.2 Å². The van der Waals surface area contributed by atoms with Crippen molar-refractivity contribution in [3.8, 4) is 0 Å². The Balaban J connectivity index is 0.000000989. The van der Waals surface area contributed by atoms with Crippen molar-refractivity contribution in [3.05, 3.63) is 96.6 Å². The first-order valence-corrected chi connectivity index (χ1v) is 10.5. The molecule has 3 nitrogen and oxygen atoms in total. The van der Waals surface area contributed by atoms with E-state index in [-0.39, 0.29) is 0 Å². The van der Waals surface area contributed by atoms with Crippen LogP contribution < -0.4 is 16.4 Å². The molecule has 0 saturated heterocycles. The highest BCUT2D eigenvalue weighted by molar-refractivity contribution is 5.74. The lowest BCUT2D eigenvalue weighted by molar-refractivity contribution is 1.07. The Labute approximate surface area is 176 Å². The number of hydrogen-bond acceptors (Lipinski definition) is 3. The first kappa shape index (κ1) is 23.8. The zero-order valence-corrected chi connectivity index (χ0v) is 18.2. The van der Waals surface area contributed by atoms with E-state index in [1.165, 1.54) is 0 Å². The van der Waals surface area contributed by atoms with E-state index in [4.69, 9.17) is 5.73 Å². The third-order valence-corrected chi connectivity index (χ3v) is 3.91. The van der Waals surface area contributed by atoms with Gasteiger partial charge in [0.1, 0.15) is 0 Å². The predicted octanol–water partition coefficient (Wildman–Crippen LogP) is 7.28. The summed E-state index contributed by atoms with van der Waals surface area (Å²) in [4.78, 5) is 0. The number of benzene rings is 3. The molecule has 0 aliphatic carbocycles. The molecule has 0 saturated carbocycles. The Morgan fingerprint density at radius 1 is 0.724 bits per heavy atom. The molecule has 0 aromatic heterocycles. The van der Waals surface area contributed by atoms with Crippen LogP contribution in [0.3, 0.4) is 0 Å². The van der Waals surface area contributed by atoms with Crippen LogP contribution in [0.5, 0.6) is 0 Å². The molecule has 29 heavy (non-hydrogen) atoms. The highest BCUT2D eigenvalue weighted by Crippen LogP contribution is 2.25. The first-order chi connectivity index (χ1) is 14.3. The van der Waals surface area contributed by atoms with Gasteiger partial charge in [-0.3, -0.25) is 0 Å². The number of hydrogen-bond donors (Lipinski definition) is 3. The molecule has 0 heterocycles. The minimum Gasteiger partial charge on any atom is -0.399 e. The van der Waals surface area contributed by atoms with E-state index in [0.29, 0.717) is 0 Å². The van der Waals surface area contributed by atoms with E-state index in [9.17, 15) is 0 Å². The molecule has 0 aliphatic rings. The second kappa shape index (κ2) is 14.8. The van der Waals surface area contributed by atoms with Crippen LogP contribution in [0.15, 0.2) is 91.0 Å². The van der Waals surface area contributed by atoms with Crippen molar-refractivity contribution in [1.29, 1.82) is 0 Å². The van der Waals surface area contributed by atoms with Crippen LogP contribution in [-0.2, 0) is 0 Å². The topological polar surface area (TPSA) is 50.1 Å². The van der Waals surface area contributed by atoms with Crippen LogP contribution in [0, 0.1) is 0 Å². The normalized spacial score (nSPS) is 10.0. The number of rotatable bonds is 7. The predicted molar refractivity (Wildman–Crippen MR) is 131 cm³/mol. The van der Waals surface area contributed by atoms with Crippen LogP contribution in [0.25, 0.3) is 5.70 Å². The summed E-state index contributed by atoms with van der Waals surface area (Å²) in [7, 11) is 0. The number of anilines is 3. The molecule has 0 amide bonds. The molecule has 3 rings (SSSR count). The summed E-state index contributed by atoms with van der Waals surface area (Å²) in [6.07, 6.45) is 2.93. The third kappa shape index (κ3) is 8.56. The van der Waals surface area contributed by atoms with Crippen LogP contribution >= 0.6 is 0 Å². The summed E-state index contributed by atoms with van der Waals surface area (Å²) in [5.74, 6) is 0. The fourth-order valence-electron chi connectivity index (χ4n) is 2.61. The van der Waals surface area contributed by atoms with Crippen LogP contribution in [0.2, 0.25) is 0 Å². The molecular formula is C26H35N3. The lowest BCUT2D eigenvalue weighted by Crippen LogP contribution is -2.04. The zero-order valence-electron chi connectivity index (χ0n) is 18.2. The van der Waals surface area contributed by atoms with Gasteiger partial charge in [-0.2, -0.15) is 0 Å². The van der Waals surface area contributed by atoms with Crippen molar-refractivity contribution in [2.45, 2.75) is 34.1 Å². The highest BCUT2D eigenvalue weighted by Gasteiger charge is 2.01. The molecule has 0 fully saturated rings. The van der Waals surface area contributed by atoms with Gasteiger partial charge in [0.2, 0.25) is 0 Å². The van der Waals surface area contributed by atoms with E-state index in [1.54, 1.807) is 0 Å². The van der Waals surface area contributed by atoms with E-state index in [1.807, 2.05) is 88.4 Å². The maximum atomic E-state index is 6.13. The molecule has 0 atom stereocenters. The largest absolute Gasteiger partial charge is 0.399 e. The van der Waals surface area contributed by atoms with E-state index in [2.05, 4.69) is 41.0 Å². The molecule has 0 bridgehead atoms. The second-order valence-corrected chi connectivity index (χ2v) is 5.78. The van der Waals surface area contributed by atoms with Crippen molar-refractivity contribution in [2.75, 3.05) is 17.2 Å². The average molecular weight is 390 g/mol. The van der Waals surface area contributed by atoms with Crippen LogP contribution in [0.1, 0.15) is 39.7 Å². The van der Waals surface area contributed by atoms with Crippen LogP contribution in [0.4, 0.5) is 17.1 Å². The van der Waals surface area contributed by atoms with Gasteiger partial charge < -0.3 is 16.4 Å². The summed E-state index contributed by atoms with van der Waals surface area (Å²) in [5, 5.41) is 6.92. The average Bonchev–Trinajstić information content (AvgIpc) is 2.81. The Morgan fingerprint density at radius 3 is 1.86 bits per heavy atom. The molecule has 0 aliphatic heterocycles. The monoisotopic (exact) mass is 389 g/mol. The molecule has 0 radical (unpaired) electrons.